The molecule has 1 atom stereocenters. The van der Waals surface area contributed by atoms with E-state index in [0.717, 1.165) is 51.4 Å². The molecule has 0 aromatic carbocycles. The molecule has 17 heavy (non-hydrogen) atoms. The van der Waals surface area contributed by atoms with Crippen LogP contribution in [0.2, 0.25) is 0 Å². The lowest BCUT2D eigenvalue weighted by Crippen LogP contribution is -2.31. The van der Waals surface area contributed by atoms with Crippen molar-refractivity contribution in [3.05, 3.63) is 0 Å². The monoisotopic (exact) mass is 262 g/mol. The molecular weight excluding hydrogens is 236 g/mol. The van der Waals surface area contributed by atoms with E-state index in [4.69, 9.17) is 0 Å². The van der Waals surface area contributed by atoms with Crippen LogP contribution in [0.25, 0.3) is 0 Å². The van der Waals surface area contributed by atoms with E-state index in [0.29, 0.717) is 6.42 Å². The quantitative estimate of drug-likeness (QED) is 0.561. The lowest BCUT2D eigenvalue weighted by atomic mass is 9.85. The fraction of sp³-hybridized carbons (Fsp3) is 1.00. The molecule has 102 valence electrons. The van der Waals surface area contributed by atoms with Gasteiger partial charge in [0.1, 0.15) is 0 Å². The molecule has 4 heteroatoms. The Kier molecular flexibility index (Phi) is 6.49. The number of rotatable bonds is 7. The average molecular weight is 262 g/mol. The Morgan fingerprint density at radius 2 is 1.76 bits per heavy atom. The van der Waals surface area contributed by atoms with Crippen molar-refractivity contribution in [3.63, 3.8) is 0 Å². The molecule has 1 fully saturated rings. The Bertz CT molecular complexity index is 292. The van der Waals surface area contributed by atoms with E-state index in [1.54, 1.807) is 0 Å². The molecule has 0 aromatic heterocycles. The van der Waals surface area contributed by atoms with Gasteiger partial charge >= 0.3 is 0 Å². The van der Waals surface area contributed by atoms with Crippen molar-refractivity contribution < 1.29 is 13.0 Å². The largest absolute Gasteiger partial charge is 0.285 e. The number of unbranched alkanes of at least 4 members (excludes halogenated alkanes) is 3. The lowest BCUT2D eigenvalue weighted by molar-refractivity contribution is 0.314. The summed E-state index contributed by atoms with van der Waals surface area (Å²) in [5.41, 5.74) is 0. The molecular formula is C13H26O3S. The van der Waals surface area contributed by atoms with Gasteiger partial charge in [0.2, 0.25) is 0 Å². The van der Waals surface area contributed by atoms with Crippen LogP contribution in [-0.2, 0) is 10.1 Å². The van der Waals surface area contributed by atoms with Crippen molar-refractivity contribution in [1.82, 2.24) is 0 Å². The fourth-order valence-corrected chi connectivity index (χ4v) is 4.13. The Morgan fingerprint density at radius 1 is 1.12 bits per heavy atom. The van der Waals surface area contributed by atoms with Gasteiger partial charge in [0, 0.05) is 0 Å². The Hall–Kier alpha value is -0.0900. The molecule has 0 aromatic rings. The van der Waals surface area contributed by atoms with Gasteiger partial charge < -0.3 is 0 Å². The summed E-state index contributed by atoms with van der Waals surface area (Å²) < 4.78 is 32.3. The maximum atomic E-state index is 11.4. The zero-order valence-corrected chi connectivity index (χ0v) is 11.7. The van der Waals surface area contributed by atoms with E-state index >= 15 is 0 Å². The molecule has 1 saturated carbocycles. The first kappa shape index (κ1) is 15.0. The highest BCUT2D eigenvalue weighted by Gasteiger charge is 2.32. The Balaban J connectivity index is 2.48. The Labute approximate surface area is 106 Å². The smallest absolute Gasteiger partial charge is 0.268 e. The SMILES string of the molecule is CCCCCCC(C1CCCCC1)S(=O)(=O)O. The van der Waals surface area contributed by atoms with E-state index in [9.17, 15) is 13.0 Å². The van der Waals surface area contributed by atoms with Crippen LogP contribution in [0, 0.1) is 5.92 Å². The summed E-state index contributed by atoms with van der Waals surface area (Å²) >= 11 is 0. The molecule has 0 amide bonds. The molecule has 0 spiro atoms. The van der Waals surface area contributed by atoms with Crippen LogP contribution in [0.5, 0.6) is 0 Å². The van der Waals surface area contributed by atoms with Crippen LogP contribution in [-0.4, -0.2) is 18.2 Å². The van der Waals surface area contributed by atoms with Gasteiger partial charge in [-0.2, -0.15) is 8.42 Å². The van der Waals surface area contributed by atoms with E-state index in [1.165, 1.54) is 6.42 Å². The molecule has 1 unspecified atom stereocenters. The first-order valence-electron chi connectivity index (χ1n) is 7.02. The molecule has 0 bridgehead atoms. The van der Waals surface area contributed by atoms with E-state index in [1.807, 2.05) is 0 Å². The molecule has 1 N–H and O–H groups in total. The molecule has 0 heterocycles. The molecule has 0 saturated heterocycles. The second-order valence-corrected chi connectivity index (χ2v) is 6.94. The van der Waals surface area contributed by atoms with Crippen LogP contribution in [0.15, 0.2) is 0 Å². The highest BCUT2D eigenvalue weighted by Crippen LogP contribution is 2.32. The maximum Gasteiger partial charge on any atom is 0.268 e. The van der Waals surface area contributed by atoms with Crippen molar-refractivity contribution in [2.75, 3.05) is 0 Å². The Morgan fingerprint density at radius 3 is 2.29 bits per heavy atom. The zero-order chi connectivity index (χ0) is 12.7. The molecule has 1 aliphatic rings. The molecule has 1 aliphatic carbocycles. The molecule has 3 nitrogen and oxygen atoms in total. The second-order valence-electron chi connectivity index (χ2n) is 5.30. The minimum Gasteiger partial charge on any atom is -0.285 e. The van der Waals surface area contributed by atoms with Crippen molar-refractivity contribution >= 4 is 10.1 Å². The average Bonchev–Trinajstić information content (AvgIpc) is 2.28. The van der Waals surface area contributed by atoms with Crippen LogP contribution in [0.1, 0.15) is 71.1 Å². The summed E-state index contributed by atoms with van der Waals surface area (Å²) in [5, 5.41) is -0.500. The summed E-state index contributed by atoms with van der Waals surface area (Å²) in [7, 11) is -3.85. The second kappa shape index (κ2) is 7.37. The summed E-state index contributed by atoms with van der Waals surface area (Å²) in [6.45, 7) is 2.14. The molecule has 0 aliphatic heterocycles. The van der Waals surface area contributed by atoms with Gasteiger partial charge in [0.15, 0.2) is 0 Å². The third-order valence-electron chi connectivity index (χ3n) is 3.90. The first-order valence-corrected chi connectivity index (χ1v) is 8.52. The number of hydrogen-bond acceptors (Lipinski definition) is 2. The normalized spacial score (nSPS) is 20.4. The van der Waals surface area contributed by atoms with Gasteiger partial charge in [-0.1, -0.05) is 51.9 Å². The highest BCUT2D eigenvalue weighted by molar-refractivity contribution is 7.86. The lowest BCUT2D eigenvalue weighted by Gasteiger charge is -2.28. The minimum absolute atomic E-state index is 0.195. The predicted octanol–water partition coefficient (Wildman–Crippen LogP) is 3.79. The van der Waals surface area contributed by atoms with Crippen LogP contribution in [0.3, 0.4) is 0 Å². The van der Waals surface area contributed by atoms with Gasteiger partial charge in [-0.15, -0.1) is 0 Å². The summed E-state index contributed by atoms with van der Waals surface area (Å²) in [4.78, 5) is 0. The summed E-state index contributed by atoms with van der Waals surface area (Å²) in [6, 6.07) is 0. The van der Waals surface area contributed by atoms with Crippen LogP contribution < -0.4 is 0 Å². The third kappa shape index (κ3) is 5.38. The molecule has 1 rings (SSSR count). The first-order chi connectivity index (χ1) is 8.05. The summed E-state index contributed by atoms with van der Waals surface area (Å²) in [5.74, 6) is 0.195. The van der Waals surface area contributed by atoms with Crippen molar-refractivity contribution in [3.8, 4) is 0 Å². The fourth-order valence-electron chi connectivity index (χ4n) is 2.91. The third-order valence-corrected chi connectivity index (χ3v) is 5.29. The van der Waals surface area contributed by atoms with E-state index < -0.39 is 15.4 Å². The molecule has 0 radical (unpaired) electrons. The van der Waals surface area contributed by atoms with Gasteiger partial charge in [0.25, 0.3) is 10.1 Å². The minimum atomic E-state index is -3.85. The summed E-state index contributed by atoms with van der Waals surface area (Å²) in [6.07, 6.45) is 10.3. The highest BCUT2D eigenvalue weighted by atomic mass is 32.2. The van der Waals surface area contributed by atoms with E-state index in [-0.39, 0.29) is 5.92 Å². The van der Waals surface area contributed by atoms with Gasteiger partial charge in [-0.05, 0) is 25.2 Å². The van der Waals surface area contributed by atoms with Crippen LogP contribution in [0.4, 0.5) is 0 Å². The maximum absolute atomic E-state index is 11.4. The zero-order valence-electron chi connectivity index (χ0n) is 10.9. The topological polar surface area (TPSA) is 54.4 Å². The van der Waals surface area contributed by atoms with Gasteiger partial charge in [-0.3, -0.25) is 4.55 Å². The van der Waals surface area contributed by atoms with Crippen molar-refractivity contribution in [2.24, 2.45) is 5.92 Å². The van der Waals surface area contributed by atoms with Crippen molar-refractivity contribution in [2.45, 2.75) is 76.4 Å². The van der Waals surface area contributed by atoms with Crippen molar-refractivity contribution in [1.29, 1.82) is 0 Å². The van der Waals surface area contributed by atoms with Gasteiger partial charge in [-0.25, -0.2) is 0 Å². The van der Waals surface area contributed by atoms with Gasteiger partial charge in [0.05, 0.1) is 5.25 Å². The predicted molar refractivity (Wildman–Crippen MR) is 70.7 cm³/mol. The van der Waals surface area contributed by atoms with Crippen LogP contribution >= 0.6 is 0 Å². The standard InChI is InChI=1S/C13H26O3S/c1-2-3-4-8-11-13(17(14,15)16)12-9-6-5-7-10-12/h12-13H,2-11H2,1H3,(H,14,15,16). The van der Waals surface area contributed by atoms with E-state index in [2.05, 4.69) is 6.92 Å². The number of hydrogen-bond donors (Lipinski definition) is 1.